The van der Waals surface area contributed by atoms with Gasteiger partial charge in [0, 0.05) is 18.2 Å². The van der Waals surface area contributed by atoms with E-state index in [1.807, 2.05) is 19.1 Å². The fraction of sp³-hybridized carbons (Fsp3) is 0.267. The first kappa shape index (κ1) is 14.1. The zero-order valence-electron chi connectivity index (χ0n) is 11.2. The fourth-order valence-electron chi connectivity index (χ4n) is 1.90. The number of anilines is 1. The summed E-state index contributed by atoms with van der Waals surface area (Å²) in [6.07, 6.45) is 3.05. The largest absolute Gasteiger partial charge is 0.469 e. The van der Waals surface area contributed by atoms with Gasteiger partial charge in [-0.15, -0.1) is 0 Å². The van der Waals surface area contributed by atoms with Gasteiger partial charge in [0.05, 0.1) is 11.8 Å². The maximum Gasteiger partial charge on any atom is 0.254 e. The Labute approximate surface area is 116 Å². The van der Waals surface area contributed by atoms with Gasteiger partial charge in [-0.3, -0.25) is 4.79 Å². The van der Waals surface area contributed by atoms with Gasteiger partial charge in [0.2, 0.25) is 0 Å². The number of furan rings is 1. The van der Waals surface area contributed by atoms with Crippen LogP contribution in [0.15, 0.2) is 41.0 Å². The summed E-state index contributed by atoms with van der Waals surface area (Å²) in [6.45, 7) is 1.87. The van der Waals surface area contributed by atoms with Crippen LogP contribution in [0.5, 0.6) is 0 Å². The molecule has 0 fully saturated rings. The van der Waals surface area contributed by atoms with E-state index in [0.717, 1.165) is 24.7 Å². The molecule has 3 N–H and O–H groups in total. The van der Waals surface area contributed by atoms with E-state index in [2.05, 4.69) is 5.32 Å². The summed E-state index contributed by atoms with van der Waals surface area (Å²) in [5, 5.41) is 2.76. The highest BCUT2D eigenvalue weighted by Gasteiger charge is 2.14. The molecule has 1 heterocycles. The molecular weight excluding hydrogens is 259 g/mol. The first-order valence-corrected chi connectivity index (χ1v) is 6.44. The van der Waals surface area contributed by atoms with Gasteiger partial charge < -0.3 is 15.5 Å². The predicted octanol–water partition coefficient (Wildman–Crippen LogP) is 2.75. The third-order valence-corrected chi connectivity index (χ3v) is 3.02. The minimum atomic E-state index is -0.610. The molecule has 0 bridgehead atoms. The molecule has 0 saturated heterocycles. The number of aryl methyl sites for hydroxylation is 1. The zero-order chi connectivity index (χ0) is 14.5. The molecule has 20 heavy (non-hydrogen) atoms. The van der Waals surface area contributed by atoms with Gasteiger partial charge in [-0.2, -0.15) is 0 Å². The van der Waals surface area contributed by atoms with Gasteiger partial charge in [0.1, 0.15) is 11.6 Å². The zero-order valence-corrected chi connectivity index (χ0v) is 11.2. The monoisotopic (exact) mass is 276 g/mol. The number of nitrogen functional groups attached to an aromatic ring is 1. The lowest BCUT2D eigenvalue weighted by atomic mass is 10.1. The Kier molecular flexibility index (Phi) is 4.40. The Hall–Kier alpha value is -2.30. The summed E-state index contributed by atoms with van der Waals surface area (Å²) in [5.74, 6) is -0.181. The summed E-state index contributed by atoms with van der Waals surface area (Å²) in [5.41, 5.74) is 5.75. The number of benzene rings is 1. The number of carbonyl (C=O) groups is 1. The van der Waals surface area contributed by atoms with E-state index in [0.29, 0.717) is 5.69 Å². The molecule has 2 rings (SSSR count). The number of amides is 1. The smallest absolute Gasteiger partial charge is 0.254 e. The molecule has 1 amide bonds. The SMILES string of the molecule is CC(CCc1ccco1)NC(=O)c1ccc(N)cc1F. The number of hydrogen-bond acceptors (Lipinski definition) is 3. The molecule has 1 aromatic carbocycles. The van der Waals surface area contributed by atoms with Crippen molar-refractivity contribution in [3.05, 3.63) is 53.7 Å². The van der Waals surface area contributed by atoms with Crippen molar-refractivity contribution in [3.63, 3.8) is 0 Å². The van der Waals surface area contributed by atoms with Crippen LogP contribution in [0.25, 0.3) is 0 Å². The maximum absolute atomic E-state index is 13.6. The molecule has 0 radical (unpaired) electrons. The molecule has 0 spiro atoms. The van der Waals surface area contributed by atoms with Crippen LogP contribution in [0.1, 0.15) is 29.5 Å². The third-order valence-electron chi connectivity index (χ3n) is 3.02. The van der Waals surface area contributed by atoms with Gasteiger partial charge in [0.15, 0.2) is 0 Å². The van der Waals surface area contributed by atoms with Crippen LogP contribution in [-0.4, -0.2) is 11.9 Å². The standard InChI is InChI=1S/C15H17FN2O2/c1-10(4-6-12-3-2-8-20-12)18-15(19)13-7-5-11(17)9-14(13)16/h2-3,5,7-10H,4,6,17H2,1H3,(H,18,19). The van der Waals surface area contributed by atoms with Crippen LogP contribution in [0.2, 0.25) is 0 Å². The lowest BCUT2D eigenvalue weighted by molar-refractivity contribution is 0.0934. The Bertz CT molecular complexity index is 582. The minimum absolute atomic E-state index is 0.00375. The summed E-state index contributed by atoms with van der Waals surface area (Å²) in [7, 11) is 0. The Morgan fingerprint density at radius 2 is 2.25 bits per heavy atom. The van der Waals surface area contributed by atoms with Crippen molar-refractivity contribution in [1.82, 2.24) is 5.32 Å². The highest BCUT2D eigenvalue weighted by molar-refractivity contribution is 5.94. The number of nitrogens with two attached hydrogens (primary N) is 1. The van der Waals surface area contributed by atoms with Crippen molar-refractivity contribution in [2.75, 3.05) is 5.73 Å². The number of carbonyl (C=O) groups excluding carboxylic acids is 1. The van der Waals surface area contributed by atoms with Crippen LogP contribution in [0.3, 0.4) is 0 Å². The fourth-order valence-corrected chi connectivity index (χ4v) is 1.90. The molecule has 4 nitrogen and oxygen atoms in total. The summed E-state index contributed by atoms with van der Waals surface area (Å²) in [6, 6.07) is 7.66. The van der Waals surface area contributed by atoms with E-state index >= 15 is 0 Å². The lowest BCUT2D eigenvalue weighted by Gasteiger charge is -2.13. The number of hydrogen-bond donors (Lipinski definition) is 2. The van der Waals surface area contributed by atoms with Crippen molar-refractivity contribution < 1.29 is 13.6 Å². The van der Waals surface area contributed by atoms with Gasteiger partial charge in [0.25, 0.3) is 5.91 Å². The quantitative estimate of drug-likeness (QED) is 0.825. The lowest BCUT2D eigenvalue weighted by Crippen LogP contribution is -2.33. The van der Waals surface area contributed by atoms with Crippen molar-refractivity contribution in [3.8, 4) is 0 Å². The Balaban J connectivity index is 1.90. The molecule has 0 aliphatic carbocycles. The van der Waals surface area contributed by atoms with Crippen molar-refractivity contribution in [2.45, 2.75) is 25.8 Å². The molecule has 0 aliphatic rings. The highest BCUT2D eigenvalue weighted by Crippen LogP contribution is 2.12. The summed E-state index contributed by atoms with van der Waals surface area (Å²) < 4.78 is 18.8. The molecule has 5 heteroatoms. The molecule has 1 atom stereocenters. The number of rotatable bonds is 5. The van der Waals surface area contributed by atoms with Crippen molar-refractivity contribution in [1.29, 1.82) is 0 Å². The average molecular weight is 276 g/mol. The average Bonchev–Trinajstić information content (AvgIpc) is 2.89. The van der Waals surface area contributed by atoms with E-state index in [1.54, 1.807) is 6.26 Å². The van der Waals surface area contributed by atoms with Gasteiger partial charge >= 0.3 is 0 Å². The van der Waals surface area contributed by atoms with Crippen molar-refractivity contribution in [2.24, 2.45) is 0 Å². The van der Waals surface area contributed by atoms with Crippen LogP contribution in [-0.2, 0) is 6.42 Å². The maximum atomic E-state index is 13.6. The number of halogens is 1. The van der Waals surface area contributed by atoms with E-state index in [-0.39, 0.29) is 11.6 Å². The van der Waals surface area contributed by atoms with Gasteiger partial charge in [-0.25, -0.2) is 4.39 Å². The first-order chi connectivity index (χ1) is 9.56. The molecular formula is C15H17FN2O2. The second kappa shape index (κ2) is 6.23. The minimum Gasteiger partial charge on any atom is -0.469 e. The van der Waals surface area contributed by atoms with E-state index in [4.69, 9.17) is 10.2 Å². The van der Waals surface area contributed by atoms with Gasteiger partial charge in [-0.05, 0) is 43.7 Å². The van der Waals surface area contributed by atoms with Crippen LogP contribution >= 0.6 is 0 Å². The van der Waals surface area contributed by atoms with Crippen LogP contribution in [0, 0.1) is 5.82 Å². The van der Waals surface area contributed by atoms with E-state index in [1.165, 1.54) is 12.1 Å². The first-order valence-electron chi connectivity index (χ1n) is 6.44. The van der Waals surface area contributed by atoms with Crippen molar-refractivity contribution >= 4 is 11.6 Å². The predicted molar refractivity (Wildman–Crippen MR) is 74.8 cm³/mol. The summed E-state index contributed by atoms with van der Waals surface area (Å²) in [4.78, 5) is 11.9. The highest BCUT2D eigenvalue weighted by atomic mass is 19.1. The molecule has 1 unspecified atom stereocenters. The molecule has 1 aromatic heterocycles. The second-order valence-corrected chi connectivity index (χ2v) is 4.73. The normalized spacial score (nSPS) is 12.1. The Morgan fingerprint density at radius 3 is 2.90 bits per heavy atom. The third kappa shape index (κ3) is 3.60. The molecule has 2 aromatic rings. The topological polar surface area (TPSA) is 68.3 Å². The molecule has 0 aliphatic heterocycles. The molecule has 0 saturated carbocycles. The van der Waals surface area contributed by atoms with Crippen LogP contribution in [0.4, 0.5) is 10.1 Å². The summed E-state index contributed by atoms with van der Waals surface area (Å²) >= 11 is 0. The number of nitrogens with one attached hydrogen (secondary N) is 1. The van der Waals surface area contributed by atoms with Crippen LogP contribution < -0.4 is 11.1 Å². The van der Waals surface area contributed by atoms with Gasteiger partial charge in [-0.1, -0.05) is 0 Å². The van der Waals surface area contributed by atoms with E-state index < -0.39 is 11.7 Å². The second-order valence-electron chi connectivity index (χ2n) is 4.73. The Morgan fingerprint density at radius 1 is 1.45 bits per heavy atom. The molecule has 106 valence electrons. The van der Waals surface area contributed by atoms with E-state index in [9.17, 15) is 9.18 Å².